The Kier molecular flexibility index (Phi) is 2.05. The molecule has 0 aliphatic heterocycles. The van der Waals surface area contributed by atoms with Gasteiger partial charge in [-0.1, -0.05) is 31.0 Å². The van der Waals surface area contributed by atoms with E-state index in [1.807, 2.05) is 0 Å². The molecule has 1 nitrogen and oxygen atoms in total. The van der Waals surface area contributed by atoms with Gasteiger partial charge >= 0.3 is 0 Å². The molecule has 0 radical (unpaired) electrons. The summed E-state index contributed by atoms with van der Waals surface area (Å²) in [5.74, 6) is 0.808. The highest BCUT2D eigenvalue weighted by Gasteiger charge is 2.20. The molecule has 2 aromatic rings. The van der Waals surface area contributed by atoms with Gasteiger partial charge in [-0.05, 0) is 36.3 Å². The van der Waals surface area contributed by atoms with Gasteiger partial charge in [0.1, 0.15) is 0 Å². The summed E-state index contributed by atoms with van der Waals surface area (Å²) >= 11 is 0. The highest BCUT2D eigenvalue weighted by atomic mass is 14.9. The zero-order valence-corrected chi connectivity index (χ0v) is 9.24. The third kappa shape index (κ3) is 1.38. The molecule has 0 bridgehead atoms. The summed E-state index contributed by atoms with van der Waals surface area (Å²) in [5, 5.41) is 1.39. The van der Waals surface area contributed by atoms with E-state index in [0.29, 0.717) is 0 Å². The molecule has 0 spiro atoms. The van der Waals surface area contributed by atoms with Gasteiger partial charge in [-0.25, -0.2) is 0 Å². The lowest BCUT2D eigenvalue weighted by Crippen LogP contribution is -2.00. The summed E-state index contributed by atoms with van der Waals surface area (Å²) in [5.41, 5.74) is 2.91. The average molecular weight is 199 g/mol. The maximum Gasteiger partial charge on any atom is 0.0479 e. The smallest absolute Gasteiger partial charge is 0.0479 e. The number of hydrogen-bond acceptors (Lipinski definition) is 0. The van der Waals surface area contributed by atoms with Crippen LogP contribution in [0.5, 0.6) is 0 Å². The molecule has 0 saturated heterocycles. The molecule has 1 aromatic heterocycles. The van der Waals surface area contributed by atoms with Crippen LogP contribution in [0, 0.1) is 0 Å². The minimum absolute atomic E-state index is 0.808. The standard InChI is InChI=1S/C14H17N/c1-15-13-9-5-4-8-12(13)10-14(15)11-6-2-3-7-11/h4-5,8-11H,2-3,6-7H2,1H3. The molecule has 1 aliphatic carbocycles. The summed E-state index contributed by atoms with van der Waals surface area (Å²) in [6.45, 7) is 0. The Labute approximate surface area is 90.7 Å². The molecule has 0 unspecified atom stereocenters. The topological polar surface area (TPSA) is 4.93 Å². The van der Waals surface area contributed by atoms with Gasteiger partial charge in [0, 0.05) is 18.3 Å². The van der Waals surface area contributed by atoms with E-state index < -0.39 is 0 Å². The van der Waals surface area contributed by atoms with Crippen molar-refractivity contribution in [2.24, 2.45) is 7.05 Å². The Morgan fingerprint density at radius 2 is 1.87 bits per heavy atom. The molecule has 15 heavy (non-hydrogen) atoms. The van der Waals surface area contributed by atoms with Crippen LogP contribution in [0.25, 0.3) is 10.9 Å². The zero-order chi connectivity index (χ0) is 10.3. The van der Waals surface area contributed by atoms with E-state index in [1.54, 1.807) is 0 Å². The first kappa shape index (κ1) is 9.02. The first-order chi connectivity index (χ1) is 7.36. The van der Waals surface area contributed by atoms with Crippen molar-refractivity contribution in [1.82, 2.24) is 4.57 Å². The van der Waals surface area contributed by atoms with E-state index in [-0.39, 0.29) is 0 Å². The van der Waals surface area contributed by atoms with Gasteiger partial charge in [-0.2, -0.15) is 0 Å². The highest BCUT2D eigenvalue weighted by molar-refractivity contribution is 5.81. The number of para-hydroxylation sites is 1. The van der Waals surface area contributed by atoms with E-state index in [2.05, 4.69) is 41.9 Å². The molecule has 1 heteroatoms. The van der Waals surface area contributed by atoms with E-state index in [1.165, 1.54) is 42.3 Å². The van der Waals surface area contributed by atoms with Crippen molar-refractivity contribution in [3.8, 4) is 0 Å². The molecule has 0 N–H and O–H groups in total. The normalized spacial score (nSPS) is 17.7. The fourth-order valence-corrected chi connectivity index (χ4v) is 2.92. The lowest BCUT2D eigenvalue weighted by Gasteiger charge is -2.10. The van der Waals surface area contributed by atoms with Crippen LogP contribution in [0.1, 0.15) is 37.3 Å². The molecule has 78 valence electrons. The van der Waals surface area contributed by atoms with E-state index in [9.17, 15) is 0 Å². The lowest BCUT2D eigenvalue weighted by molar-refractivity contribution is 0.663. The van der Waals surface area contributed by atoms with Crippen LogP contribution in [-0.2, 0) is 7.05 Å². The third-order valence-corrected chi connectivity index (χ3v) is 3.76. The lowest BCUT2D eigenvalue weighted by atomic mass is 10.0. The van der Waals surface area contributed by atoms with Crippen molar-refractivity contribution in [1.29, 1.82) is 0 Å². The first-order valence-electron chi connectivity index (χ1n) is 5.90. The van der Waals surface area contributed by atoms with Crippen molar-refractivity contribution in [2.45, 2.75) is 31.6 Å². The van der Waals surface area contributed by atoms with Gasteiger partial charge in [0.25, 0.3) is 0 Å². The summed E-state index contributed by atoms with van der Waals surface area (Å²) < 4.78 is 2.38. The highest BCUT2D eigenvalue weighted by Crippen LogP contribution is 2.36. The summed E-state index contributed by atoms with van der Waals surface area (Å²) in [7, 11) is 2.20. The largest absolute Gasteiger partial charge is 0.347 e. The predicted molar refractivity (Wildman–Crippen MR) is 64.1 cm³/mol. The molecular formula is C14H17N. The van der Waals surface area contributed by atoms with Crippen LogP contribution in [0.3, 0.4) is 0 Å². The SMILES string of the molecule is Cn1c(C2CCCC2)cc2ccccc21. The van der Waals surface area contributed by atoms with Crippen molar-refractivity contribution < 1.29 is 0 Å². The van der Waals surface area contributed by atoms with Crippen LogP contribution in [0.2, 0.25) is 0 Å². The Morgan fingerprint density at radius 1 is 1.13 bits per heavy atom. The van der Waals surface area contributed by atoms with Gasteiger partial charge in [-0.15, -0.1) is 0 Å². The number of benzene rings is 1. The second kappa shape index (κ2) is 3.41. The molecular weight excluding hydrogens is 182 g/mol. The third-order valence-electron chi connectivity index (χ3n) is 3.76. The molecule has 1 aliphatic rings. The van der Waals surface area contributed by atoms with E-state index in [0.717, 1.165) is 5.92 Å². The number of nitrogens with zero attached hydrogens (tertiary/aromatic N) is 1. The fourth-order valence-electron chi connectivity index (χ4n) is 2.92. The minimum Gasteiger partial charge on any atom is -0.347 e. The van der Waals surface area contributed by atoms with Crippen molar-refractivity contribution in [3.05, 3.63) is 36.0 Å². The molecule has 1 saturated carbocycles. The number of aryl methyl sites for hydroxylation is 1. The van der Waals surface area contributed by atoms with Gasteiger partial charge in [0.2, 0.25) is 0 Å². The number of rotatable bonds is 1. The Balaban J connectivity index is 2.14. The van der Waals surface area contributed by atoms with Gasteiger partial charge in [0.15, 0.2) is 0 Å². The molecule has 3 rings (SSSR count). The van der Waals surface area contributed by atoms with E-state index in [4.69, 9.17) is 0 Å². The van der Waals surface area contributed by atoms with Crippen LogP contribution in [0.4, 0.5) is 0 Å². The van der Waals surface area contributed by atoms with Gasteiger partial charge < -0.3 is 4.57 Å². The van der Waals surface area contributed by atoms with Crippen molar-refractivity contribution in [2.75, 3.05) is 0 Å². The van der Waals surface area contributed by atoms with Crippen LogP contribution < -0.4 is 0 Å². The maximum atomic E-state index is 2.38. The summed E-state index contributed by atoms with van der Waals surface area (Å²) in [6.07, 6.45) is 5.58. The Morgan fingerprint density at radius 3 is 2.60 bits per heavy atom. The van der Waals surface area contributed by atoms with E-state index >= 15 is 0 Å². The molecule has 1 fully saturated rings. The second-order valence-corrected chi connectivity index (χ2v) is 4.67. The van der Waals surface area contributed by atoms with Crippen molar-refractivity contribution in [3.63, 3.8) is 0 Å². The van der Waals surface area contributed by atoms with Gasteiger partial charge in [-0.3, -0.25) is 0 Å². The Hall–Kier alpha value is -1.24. The maximum absolute atomic E-state index is 2.38. The summed E-state index contributed by atoms with van der Waals surface area (Å²) in [6, 6.07) is 11.1. The fraction of sp³-hybridized carbons (Fsp3) is 0.429. The molecule has 1 aromatic carbocycles. The zero-order valence-electron chi connectivity index (χ0n) is 9.24. The quantitative estimate of drug-likeness (QED) is 0.657. The minimum atomic E-state index is 0.808. The van der Waals surface area contributed by atoms with Crippen LogP contribution >= 0.6 is 0 Å². The molecule has 0 amide bonds. The monoisotopic (exact) mass is 199 g/mol. The molecule has 0 atom stereocenters. The predicted octanol–water partition coefficient (Wildman–Crippen LogP) is 3.84. The average Bonchev–Trinajstić information content (AvgIpc) is 2.87. The number of aromatic nitrogens is 1. The van der Waals surface area contributed by atoms with Crippen LogP contribution in [0.15, 0.2) is 30.3 Å². The second-order valence-electron chi connectivity index (χ2n) is 4.67. The Bertz CT molecular complexity index is 475. The molecule has 1 heterocycles. The summed E-state index contributed by atoms with van der Waals surface area (Å²) in [4.78, 5) is 0. The van der Waals surface area contributed by atoms with Crippen molar-refractivity contribution >= 4 is 10.9 Å². The first-order valence-corrected chi connectivity index (χ1v) is 5.90. The van der Waals surface area contributed by atoms with Crippen LogP contribution in [-0.4, -0.2) is 4.57 Å². The number of fused-ring (bicyclic) bond motifs is 1. The number of hydrogen-bond donors (Lipinski definition) is 0. The van der Waals surface area contributed by atoms with Gasteiger partial charge in [0.05, 0.1) is 0 Å².